The predicted molar refractivity (Wildman–Crippen MR) is 79.0 cm³/mol. The van der Waals surface area contributed by atoms with Crippen LogP contribution in [0.1, 0.15) is 11.1 Å². The normalized spacial score (nSPS) is 10.9. The summed E-state index contributed by atoms with van der Waals surface area (Å²) in [5.41, 5.74) is 7.81. The summed E-state index contributed by atoms with van der Waals surface area (Å²) in [6, 6.07) is 8.29. The van der Waals surface area contributed by atoms with Crippen LogP contribution >= 0.6 is 0 Å². The molecule has 18 heavy (non-hydrogen) atoms. The van der Waals surface area contributed by atoms with Gasteiger partial charge >= 0.3 is 0 Å². The van der Waals surface area contributed by atoms with E-state index in [-0.39, 0.29) is 0 Å². The predicted octanol–water partition coefficient (Wildman–Crippen LogP) is 3.61. The Morgan fingerprint density at radius 1 is 1.17 bits per heavy atom. The van der Waals surface area contributed by atoms with Crippen molar-refractivity contribution in [3.05, 3.63) is 41.6 Å². The van der Waals surface area contributed by atoms with E-state index >= 15 is 0 Å². The van der Waals surface area contributed by atoms with Gasteiger partial charge in [0.2, 0.25) is 0 Å². The van der Waals surface area contributed by atoms with E-state index in [1.165, 1.54) is 11.1 Å². The summed E-state index contributed by atoms with van der Waals surface area (Å²) in [6.07, 6.45) is 1.81. The van der Waals surface area contributed by atoms with Gasteiger partial charge in [-0.1, -0.05) is 49.8 Å². The first-order valence-corrected chi connectivity index (χ1v) is 9.60. The van der Waals surface area contributed by atoms with Crippen LogP contribution in [0.15, 0.2) is 30.5 Å². The zero-order chi connectivity index (χ0) is 13.2. The molecular formula is C15H18N2Si. The van der Waals surface area contributed by atoms with E-state index < -0.39 is 8.07 Å². The third kappa shape index (κ3) is 2.90. The van der Waals surface area contributed by atoms with Crippen LogP contribution in [0.25, 0.3) is 11.3 Å². The fraction of sp³-hybridized carbons (Fsp3) is 0.267. The minimum atomic E-state index is -1.35. The first-order chi connectivity index (χ1) is 8.47. The fourth-order valence-corrected chi connectivity index (χ4v) is 2.20. The highest BCUT2D eigenvalue weighted by molar-refractivity contribution is 6.83. The van der Waals surface area contributed by atoms with Gasteiger partial charge < -0.3 is 0 Å². The second-order valence-electron chi connectivity index (χ2n) is 5.47. The van der Waals surface area contributed by atoms with Gasteiger partial charge in [-0.3, -0.25) is 5.10 Å². The molecule has 0 fully saturated rings. The molecule has 0 saturated carbocycles. The number of benzene rings is 1. The standard InChI is InChI=1S/C15H18N2Si/c1-12-7-5-6-8-14(12)15-13(11-16-17-15)9-10-18(2,3)4/h5-8,11H,1-4H3,(H,16,17). The summed E-state index contributed by atoms with van der Waals surface area (Å²) in [7, 11) is -1.35. The third-order valence-electron chi connectivity index (χ3n) is 2.63. The van der Waals surface area contributed by atoms with E-state index in [2.05, 4.69) is 60.4 Å². The summed E-state index contributed by atoms with van der Waals surface area (Å²) in [5, 5.41) is 7.19. The van der Waals surface area contributed by atoms with Crippen LogP contribution in [-0.2, 0) is 0 Å². The lowest BCUT2D eigenvalue weighted by molar-refractivity contribution is 1.09. The van der Waals surface area contributed by atoms with Crippen molar-refractivity contribution in [3.63, 3.8) is 0 Å². The van der Waals surface area contributed by atoms with Gasteiger partial charge in [-0.05, 0) is 12.5 Å². The highest BCUT2D eigenvalue weighted by atomic mass is 28.3. The molecule has 2 rings (SSSR count). The number of rotatable bonds is 1. The maximum Gasteiger partial charge on any atom is 0.129 e. The molecule has 1 N–H and O–H groups in total. The van der Waals surface area contributed by atoms with Crippen LogP contribution < -0.4 is 0 Å². The second kappa shape index (κ2) is 4.83. The Morgan fingerprint density at radius 3 is 2.56 bits per heavy atom. The van der Waals surface area contributed by atoms with Gasteiger partial charge in [-0.25, -0.2) is 0 Å². The first kappa shape index (κ1) is 12.7. The van der Waals surface area contributed by atoms with Crippen molar-refractivity contribution in [2.45, 2.75) is 26.6 Å². The number of aromatic nitrogens is 2. The SMILES string of the molecule is Cc1ccccc1-c1[nH]ncc1C#C[Si](C)(C)C. The van der Waals surface area contributed by atoms with Crippen LogP contribution in [0, 0.1) is 18.4 Å². The molecule has 0 spiro atoms. The molecule has 2 nitrogen and oxygen atoms in total. The van der Waals surface area contributed by atoms with Gasteiger partial charge in [0, 0.05) is 5.56 Å². The van der Waals surface area contributed by atoms with Gasteiger partial charge in [0.25, 0.3) is 0 Å². The molecule has 0 bridgehead atoms. The Kier molecular flexibility index (Phi) is 3.40. The average molecular weight is 254 g/mol. The molecule has 0 aliphatic carbocycles. The maximum absolute atomic E-state index is 4.13. The van der Waals surface area contributed by atoms with Crippen LogP contribution in [0.3, 0.4) is 0 Å². The Bertz CT molecular complexity index is 609. The molecule has 0 aliphatic heterocycles. The van der Waals surface area contributed by atoms with E-state index in [4.69, 9.17) is 0 Å². The van der Waals surface area contributed by atoms with Gasteiger partial charge in [0.15, 0.2) is 0 Å². The monoisotopic (exact) mass is 254 g/mol. The molecule has 2 aromatic rings. The Hall–Kier alpha value is -1.79. The van der Waals surface area contributed by atoms with Crippen molar-refractivity contribution in [2.24, 2.45) is 0 Å². The van der Waals surface area contributed by atoms with Gasteiger partial charge in [0.1, 0.15) is 8.07 Å². The van der Waals surface area contributed by atoms with Gasteiger partial charge in [-0.15, -0.1) is 5.54 Å². The quantitative estimate of drug-likeness (QED) is 0.611. The lowest BCUT2D eigenvalue weighted by Gasteiger charge is -2.05. The van der Waals surface area contributed by atoms with Crippen LogP contribution in [0.4, 0.5) is 0 Å². The van der Waals surface area contributed by atoms with Crippen molar-refractivity contribution in [3.8, 4) is 22.7 Å². The summed E-state index contributed by atoms with van der Waals surface area (Å²) in [4.78, 5) is 0. The van der Waals surface area contributed by atoms with Crippen LogP contribution in [0.5, 0.6) is 0 Å². The molecule has 1 heterocycles. The number of hydrogen-bond acceptors (Lipinski definition) is 1. The lowest BCUT2D eigenvalue weighted by atomic mass is 10.0. The molecule has 0 amide bonds. The third-order valence-corrected chi connectivity index (χ3v) is 3.50. The molecular weight excluding hydrogens is 236 g/mol. The summed E-state index contributed by atoms with van der Waals surface area (Å²) in [6.45, 7) is 8.83. The number of aromatic amines is 1. The van der Waals surface area contributed by atoms with E-state index in [1.807, 2.05) is 18.3 Å². The smallest absolute Gasteiger partial charge is 0.129 e. The largest absolute Gasteiger partial charge is 0.277 e. The molecule has 0 saturated heterocycles. The summed E-state index contributed by atoms with van der Waals surface area (Å²) >= 11 is 0. The molecule has 0 aliphatic rings. The highest BCUT2D eigenvalue weighted by Gasteiger charge is 2.10. The van der Waals surface area contributed by atoms with Crippen molar-refractivity contribution in [2.75, 3.05) is 0 Å². The maximum atomic E-state index is 4.13. The Labute approximate surface area is 109 Å². The molecule has 0 unspecified atom stereocenters. The topological polar surface area (TPSA) is 28.7 Å². The van der Waals surface area contributed by atoms with Crippen molar-refractivity contribution < 1.29 is 0 Å². The molecule has 0 radical (unpaired) electrons. The molecule has 1 aromatic heterocycles. The van der Waals surface area contributed by atoms with Crippen LogP contribution in [0.2, 0.25) is 19.6 Å². The van der Waals surface area contributed by atoms with Crippen molar-refractivity contribution >= 4 is 8.07 Å². The van der Waals surface area contributed by atoms with E-state index in [0.29, 0.717) is 0 Å². The molecule has 92 valence electrons. The number of nitrogens with zero attached hydrogens (tertiary/aromatic N) is 1. The van der Waals surface area contributed by atoms with Gasteiger partial charge in [0.05, 0.1) is 17.5 Å². The second-order valence-corrected chi connectivity index (χ2v) is 10.2. The number of hydrogen-bond donors (Lipinski definition) is 1. The highest BCUT2D eigenvalue weighted by Crippen LogP contribution is 2.23. The minimum Gasteiger partial charge on any atom is -0.277 e. The Balaban J connectivity index is 2.46. The first-order valence-electron chi connectivity index (χ1n) is 6.10. The summed E-state index contributed by atoms with van der Waals surface area (Å²) in [5.74, 6) is 3.28. The van der Waals surface area contributed by atoms with Crippen molar-refractivity contribution in [1.82, 2.24) is 10.2 Å². The molecule has 1 aromatic carbocycles. The molecule has 3 heteroatoms. The van der Waals surface area contributed by atoms with E-state index in [1.54, 1.807) is 0 Å². The van der Waals surface area contributed by atoms with Crippen molar-refractivity contribution in [1.29, 1.82) is 0 Å². The lowest BCUT2D eigenvalue weighted by Crippen LogP contribution is -2.16. The number of H-pyrrole nitrogens is 1. The van der Waals surface area contributed by atoms with E-state index in [0.717, 1.165) is 11.3 Å². The molecule has 0 atom stereocenters. The van der Waals surface area contributed by atoms with Gasteiger partial charge in [-0.2, -0.15) is 5.10 Å². The number of aryl methyl sites for hydroxylation is 1. The van der Waals surface area contributed by atoms with E-state index in [9.17, 15) is 0 Å². The zero-order valence-electron chi connectivity index (χ0n) is 11.3. The van der Waals surface area contributed by atoms with Crippen LogP contribution in [-0.4, -0.2) is 18.3 Å². The fourth-order valence-electron chi connectivity index (χ4n) is 1.69. The summed E-state index contributed by atoms with van der Waals surface area (Å²) < 4.78 is 0. The number of nitrogens with one attached hydrogen (secondary N) is 1. The zero-order valence-corrected chi connectivity index (χ0v) is 12.3. The average Bonchev–Trinajstić information content (AvgIpc) is 2.74. The minimum absolute atomic E-state index is 0.992. The Morgan fingerprint density at radius 2 is 1.89 bits per heavy atom.